The summed E-state index contributed by atoms with van der Waals surface area (Å²) in [6, 6.07) is 7.38. The molecule has 0 aliphatic heterocycles. The fourth-order valence-electron chi connectivity index (χ4n) is 1.25. The molecule has 0 aliphatic rings. The van der Waals surface area contributed by atoms with Crippen LogP contribution in [0.15, 0.2) is 24.3 Å². The molecular formula is C10H13NO3S. The third-order valence-electron chi connectivity index (χ3n) is 1.75. The van der Waals surface area contributed by atoms with E-state index in [1.54, 1.807) is 6.07 Å². The van der Waals surface area contributed by atoms with Crippen LogP contribution in [0.2, 0.25) is 0 Å². The molecule has 0 saturated carbocycles. The predicted molar refractivity (Wildman–Crippen MR) is 57.9 cm³/mol. The van der Waals surface area contributed by atoms with Gasteiger partial charge in [0.1, 0.15) is 0 Å². The zero-order valence-electron chi connectivity index (χ0n) is 8.65. The number of carbonyl (C=O) groups excluding carboxylic acids is 1. The Kier molecular flexibility index (Phi) is 3.47. The van der Waals surface area contributed by atoms with E-state index >= 15 is 0 Å². The molecule has 1 rings (SSSR count). The van der Waals surface area contributed by atoms with Crippen LogP contribution in [0.25, 0.3) is 0 Å². The molecule has 1 amide bonds. The average Bonchev–Trinajstić information content (AvgIpc) is 1.99. The molecule has 0 heterocycles. The SMILES string of the molecule is Cc1cccc(CC(=O)NS(C)(=O)=O)c1. The molecule has 1 aromatic carbocycles. The Balaban J connectivity index is 2.67. The van der Waals surface area contributed by atoms with Gasteiger partial charge in [-0.1, -0.05) is 29.8 Å². The van der Waals surface area contributed by atoms with E-state index in [1.807, 2.05) is 29.8 Å². The molecule has 15 heavy (non-hydrogen) atoms. The number of benzene rings is 1. The van der Waals surface area contributed by atoms with E-state index in [1.165, 1.54) is 0 Å². The molecule has 0 aliphatic carbocycles. The molecule has 0 aromatic heterocycles. The van der Waals surface area contributed by atoms with Gasteiger partial charge in [0.25, 0.3) is 0 Å². The molecule has 1 aromatic rings. The Morgan fingerprint density at radius 1 is 1.40 bits per heavy atom. The van der Waals surface area contributed by atoms with Gasteiger partial charge in [-0.05, 0) is 12.5 Å². The number of sulfonamides is 1. The Labute approximate surface area is 89.4 Å². The maximum Gasteiger partial charge on any atom is 0.237 e. The van der Waals surface area contributed by atoms with E-state index in [-0.39, 0.29) is 6.42 Å². The van der Waals surface area contributed by atoms with Crippen molar-refractivity contribution in [1.29, 1.82) is 0 Å². The molecule has 0 saturated heterocycles. The lowest BCUT2D eigenvalue weighted by atomic mass is 10.1. The van der Waals surface area contributed by atoms with Crippen LogP contribution in [0.1, 0.15) is 11.1 Å². The summed E-state index contributed by atoms with van der Waals surface area (Å²) in [5.41, 5.74) is 1.84. The number of carbonyl (C=O) groups is 1. The maximum atomic E-state index is 11.2. The largest absolute Gasteiger partial charge is 0.274 e. The van der Waals surface area contributed by atoms with Crippen molar-refractivity contribution in [3.05, 3.63) is 35.4 Å². The first kappa shape index (κ1) is 11.7. The molecule has 1 N–H and O–H groups in total. The Morgan fingerprint density at radius 2 is 2.07 bits per heavy atom. The van der Waals surface area contributed by atoms with Crippen LogP contribution in [0.5, 0.6) is 0 Å². The van der Waals surface area contributed by atoms with Crippen LogP contribution in [-0.4, -0.2) is 20.6 Å². The number of aryl methyl sites for hydroxylation is 1. The van der Waals surface area contributed by atoms with Gasteiger partial charge in [0, 0.05) is 0 Å². The summed E-state index contributed by atoms with van der Waals surface area (Å²) in [6.45, 7) is 1.91. The Morgan fingerprint density at radius 3 is 2.60 bits per heavy atom. The first-order valence-electron chi connectivity index (χ1n) is 4.43. The first-order chi connectivity index (χ1) is 6.87. The third-order valence-corrected chi connectivity index (χ3v) is 2.34. The lowest BCUT2D eigenvalue weighted by molar-refractivity contribution is -0.118. The minimum absolute atomic E-state index is 0.0781. The van der Waals surface area contributed by atoms with Crippen LogP contribution < -0.4 is 4.72 Å². The second-order valence-corrected chi connectivity index (χ2v) is 5.21. The molecule has 0 atom stereocenters. The van der Waals surface area contributed by atoms with Crippen molar-refractivity contribution in [2.24, 2.45) is 0 Å². The van der Waals surface area contributed by atoms with E-state index in [2.05, 4.69) is 0 Å². The van der Waals surface area contributed by atoms with E-state index < -0.39 is 15.9 Å². The molecular weight excluding hydrogens is 214 g/mol. The summed E-state index contributed by atoms with van der Waals surface area (Å²) in [5.74, 6) is -0.511. The molecule has 0 fully saturated rings. The molecule has 5 heteroatoms. The summed E-state index contributed by atoms with van der Waals surface area (Å²) < 4.78 is 23.5. The van der Waals surface area contributed by atoms with Gasteiger partial charge in [0.15, 0.2) is 0 Å². The molecule has 0 unspecified atom stereocenters. The van der Waals surface area contributed by atoms with E-state index in [4.69, 9.17) is 0 Å². The fraction of sp³-hybridized carbons (Fsp3) is 0.300. The van der Waals surface area contributed by atoms with Crippen molar-refractivity contribution in [1.82, 2.24) is 4.72 Å². The summed E-state index contributed by atoms with van der Waals surface area (Å²) in [4.78, 5) is 11.2. The van der Waals surface area contributed by atoms with Crippen molar-refractivity contribution in [2.75, 3.05) is 6.26 Å². The van der Waals surface area contributed by atoms with Gasteiger partial charge in [-0.3, -0.25) is 9.52 Å². The van der Waals surface area contributed by atoms with E-state index in [0.717, 1.165) is 17.4 Å². The topological polar surface area (TPSA) is 63.2 Å². The molecule has 0 spiro atoms. The summed E-state index contributed by atoms with van der Waals surface area (Å²) >= 11 is 0. The molecule has 0 radical (unpaired) electrons. The Bertz CT molecular complexity index is 465. The Hall–Kier alpha value is -1.36. The number of rotatable bonds is 3. The van der Waals surface area contributed by atoms with Crippen molar-refractivity contribution >= 4 is 15.9 Å². The molecule has 0 bridgehead atoms. The highest BCUT2D eigenvalue weighted by Crippen LogP contribution is 2.04. The van der Waals surface area contributed by atoms with Gasteiger partial charge in [-0.2, -0.15) is 0 Å². The number of amides is 1. The normalized spacial score (nSPS) is 11.1. The van der Waals surface area contributed by atoms with Gasteiger partial charge in [-0.25, -0.2) is 8.42 Å². The van der Waals surface area contributed by atoms with Gasteiger partial charge >= 0.3 is 0 Å². The lowest BCUT2D eigenvalue weighted by Gasteiger charge is -2.03. The first-order valence-corrected chi connectivity index (χ1v) is 6.32. The van der Waals surface area contributed by atoms with Crippen molar-refractivity contribution < 1.29 is 13.2 Å². The monoisotopic (exact) mass is 227 g/mol. The second kappa shape index (κ2) is 4.44. The van der Waals surface area contributed by atoms with Gasteiger partial charge in [-0.15, -0.1) is 0 Å². The van der Waals surface area contributed by atoms with E-state index in [0.29, 0.717) is 0 Å². The lowest BCUT2D eigenvalue weighted by Crippen LogP contribution is -2.30. The van der Waals surface area contributed by atoms with Gasteiger partial charge in [0.05, 0.1) is 12.7 Å². The minimum atomic E-state index is -3.45. The fourth-order valence-corrected chi connectivity index (χ4v) is 1.74. The second-order valence-electron chi connectivity index (χ2n) is 3.46. The third kappa shape index (κ3) is 4.60. The van der Waals surface area contributed by atoms with Crippen LogP contribution in [0.3, 0.4) is 0 Å². The summed E-state index contributed by atoms with van der Waals surface area (Å²) in [5, 5.41) is 0. The minimum Gasteiger partial charge on any atom is -0.274 e. The van der Waals surface area contributed by atoms with Crippen LogP contribution in [-0.2, 0) is 21.2 Å². The highest BCUT2D eigenvalue weighted by molar-refractivity contribution is 7.89. The number of nitrogens with one attached hydrogen (secondary N) is 1. The summed E-state index contributed by atoms with van der Waals surface area (Å²) in [6.07, 6.45) is 1.04. The van der Waals surface area contributed by atoms with Crippen molar-refractivity contribution in [3.63, 3.8) is 0 Å². The zero-order chi connectivity index (χ0) is 11.5. The highest BCUT2D eigenvalue weighted by atomic mass is 32.2. The van der Waals surface area contributed by atoms with Gasteiger partial charge in [0.2, 0.25) is 15.9 Å². The zero-order valence-corrected chi connectivity index (χ0v) is 9.47. The van der Waals surface area contributed by atoms with Crippen LogP contribution >= 0.6 is 0 Å². The maximum absolute atomic E-state index is 11.2. The number of hydrogen-bond acceptors (Lipinski definition) is 3. The average molecular weight is 227 g/mol. The van der Waals surface area contributed by atoms with E-state index in [9.17, 15) is 13.2 Å². The summed E-state index contributed by atoms with van der Waals surface area (Å²) in [7, 11) is -3.45. The predicted octanol–water partition coefficient (Wildman–Crippen LogP) is 0.613. The van der Waals surface area contributed by atoms with Gasteiger partial charge < -0.3 is 0 Å². The quantitative estimate of drug-likeness (QED) is 0.823. The number of hydrogen-bond donors (Lipinski definition) is 1. The molecule has 4 nitrogen and oxygen atoms in total. The van der Waals surface area contributed by atoms with Crippen molar-refractivity contribution in [3.8, 4) is 0 Å². The van der Waals surface area contributed by atoms with Crippen molar-refractivity contribution in [2.45, 2.75) is 13.3 Å². The standard InChI is InChI=1S/C10H13NO3S/c1-8-4-3-5-9(6-8)7-10(12)11-15(2,13)14/h3-6H,7H2,1-2H3,(H,11,12). The highest BCUT2D eigenvalue weighted by Gasteiger charge is 2.08. The van der Waals surface area contributed by atoms with Crippen LogP contribution in [0, 0.1) is 6.92 Å². The smallest absolute Gasteiger partial charge is 0.237 e. The molecule has 82 valence electrons. The van der Waals surface area contributed by atoms with Crippen LogP contribution in [0.4, 0.5) is 0 Å².